The Morgan fingerprint density at radius 1 is 1.76 bits per heavy atom. The zero-order valence-electron chi connectivity index (χ0n) is 9.31. The molecule has 17 heavy (non-hydrogen) atoms. The largest absolute Gasteiger partial charge is 0.380 e. The normalized spacial score (nSPS) is 21.2. The van der Waals surface area contributed by atoms with Crippen LogP contribution in [0.2, 0.25) is 0 Å². The second-order valence-corrected chi connectivity index (χ2v) is 6.20. The van der Waals surface area contributed by atoms with Crippen molar-refractivity contribution < 1.29 is 5.11 Å². The van der Waals surface area contributed by atoms with Gasteiger partial charge in [-0.25, -0.2) is 10.4 Å². The van der Waals surface area contributed by atoms with E-state index in [0.717, 1.165) is 8.79 Å². The molecule has 2 unspecified atom stereocenters. The van der Waals surface area contributed by atoms with Crippen LogP contribution >= 0.6 is 27.3 Å². The first-order chi connectivity index (χ1) is 8.02. The van der Waals surface area contributed by atoms with Crippen molar-refractivity contribution in [1.29, 1.82) is 5.26 Å². The Balaban J connectivity index is 2.30. The maximum Gasteiger partial charge on any atom is 0.139 e. The molecule has 1 aromatic rings. The summed E-state index contributed by atoms with van der Waals surface area (Å²) in [6.45, 7) is 1.88. The molecule has 0 saturated heterocycles. The number of hydrogen-bond acceptors (Lipinski definition) is 6. The molecule has 1 aromatic heterocycles. The van der Waals surface area contributed by atoms with Crippen molar-refractivity contribution in [3.63, 3.8) is 0 Å². The fourth-order valence-electron chi connectivity index (χ4n) is 1.67. The van der Waals surface area contributed by atoms with E-state index in [1.165, 1.54) is 11.3 Å². The number of nitrogens with zero attached hydrogens (tertiary/aromatic N) is 3. The topological polar surface area (TPSA) is 72.2 Å². The second kappa shape index (κ2) is 4.74. The van der Waals surface area contributed by atoms with E-state index in [-0.39, 0.29) is 0 Å². The minimum Gasteiger partial charge on any atom is -0.380 e. The lowest BCUT2D eigenvalue weighted by atomic mass is 10.2. The van der Waals surface area contributed by atoms with E-state index in [1.807, 2.05) is 6.92 Å². The third kappa shape index (κ3) is 2.35. The lowest BCUT2D eigenvalue weighted by Crippen LogP contribution is -2.34. The molecule has 2 rings (SSSR count). The van der Waals surface area contributed by atoms with Gasteiger partial charge < -0.3 is 10.1 Å². The molecule has 0 fully saturated rings. The molecule has 5 nitrogen and oxygen atoms in total. The molecule has 90 valence electrons. The summed E-state index contributed by atoms with van der Waals surface area (Å²) in [6.07, 6.45) is 0.872. The van der Waals surface area contributed by atoms with Crippen molar-refractivity contribution in [3.8, 4) is 6.07 Å². The summed E-state index contributed by atoms with van der Waals surface area (Å²) in [5.74, 6) is 0. The van der Waals surface area contributed by atoms with Gasteiger partial charge in [-0.1, -0.05) is 0 Å². The number of hydrogen-bond donors (Lipinski definition) is 2. The predicted octanol–water partition coefficient (Wildman–Crippen LogP) is 1.47. The minimum absolute atomic E-state index is 0.400. The predicted molar refractivity (Wildman–Crippen MR) is 67.9 cm³/mol. The minimum atomic E-state index is -0.829. The number of thiazole rings is 1. The summed E-state index contributed by atoms with van der Waals surface area (Å²) in [5.41, 5.74) is 4.14. The smallest absolute Gasteiger partial charge is 0.139 e. The monoisotopic (exact) mass is 314 g/mol. The van der Waals surface area contributed by atoms with Gasteiger partial charge in [-0.3, -0.25) is 0 Å². The lowest BCUT2D eigenvalue weighted by molar-refractivity contribution is 0.160. The fourth-order valence-corrected chi connectivity index (χ4v) is 3.34. The van der Waals surface area contributed by atoms with Gasteiger partial charge in [0.2, 0.25) is 0 Å². The first-order valence-electron chi connectivity index (χ1n) is 4.95. The van der Waals surface area contributed by atoms with Crippen LogP contribution < -0.4 is 5.43 Å². The number of rotatable bonds is 2. The van der Waals surface area contributed by atoms with Gasteiger partial charge >= 0.3 is 0 Å². The van der Waals surface area contributed by atoms with Gasteiger partial charge in [-0.15, -0.1) is 11.3 Å². The summed E-state index contributed by atoms with van der Waals surface area (Å²) < 4.78 is 0.817. The van der Waals surface area contributed by atoms with Crippen molar-refractivity contribution in [2.24, 2.45) is 0 Å². The summed E-state index contributed by atoms with van der Waals surface area (Å²) in [5, 5.41) is 21.6. The SMILES string of the molecule is Cc1nc(C(O)C2=CC(C#N)NN2C)c(Br)s1. The van der Waals surface area contributed by atoms with Crippen molar-refractivity contribution in [2.45, 2.75) is 19.1 Å². The number of aryl methyl sites for hydroxylation is 1. The molecule has 7 heteroatoms. The van der Waals surface area contributed by atoms with Gasteiger partial charge in [0.15, 0.2) is 0 Å². The third-order valence-corrected chi connectivity index (χ3v) is 4.12. The molecule has 1 aliphatic rings. The molecule has 1 aliphatic heterocycles. The highest BCUT2D eigenvalue weighted by atomic mass is 79.9. The zero-order chi connectivity index (χ0) is 12.6. The first kappa shape index (κ1) is 12.5. The fraction of sp³-hybridized carbons (Fsp3) is 0.400. The number of nitrogens with one attached hydrogen (secondary N) is 1. The molecule has 0 bridgehead atoms. The van der Waals surface area contributed by atoms with Gasteiger partial charge in [0, 0.05) is 7.05 Å². The summed E-state index contributed by atoms with van der Waals surface area (Å²) in [4.78, 5) is 4.28. The Morgan fingerprint density at radius 2 is 2.47 bits per heavy atom. The van der Waals surface area contributed by atoms with Crippen LogP contribution in [0.5, 0.6) is 0 Å². The molecule has 0 spiro atoms. The number of aliphatic hydroxyl groups is 1. The van der Waals surface area contributed by atoms with E-state index in [4.69, 9.17) is 5.26 Å². The maximum absolute atomic E-state index is 10.3. The molecule has 0 aromatic carbocycles. The van der Waals surface area contributed by atoms with Crippen LogP contribution in [0.3, 0.4) is 0 Å². The summed E-state index contributed by atoms with van der Waals surface area (Å²) in [7, 11) is 1.76. The first-order valence-corrected chi connectivity index (χ1v) is 6.56. The van der Waals surface area contributed by atoms with Crippen LogP contribution in [0.4, 0.5) is 0 Å². The highest BCUT2D eigenvalue weighted by molar-refractivity contribution is 9.11. The average Bonchev–Trinajstić information content (AvgIpc) is 2.81. The zero-order valence-corrected chi connectivity index (χ0v) is 11.7. The van der Waals surface area contributed by atoms with Gasteiger partial charge in [-0.2, -0.15) is 5.26 Å². The highest BCUT2D eigenvalue weighted by Crippen LogP contribution is 2.34. The molecule has 0 aliphatic carbocycles. The van der Waals surface area contributed by atoms with E-state index in [1.54, 1.807) is 18.1 Å². The second-order valence-electron chi connectivity index (χ2n) is 3.68. The van der Waals surface area contributed by atoms with E-state index in [9.17, 15) is 5.11 Å². The maximum atomic E-state index is 10.3. The van der Waals surface area contributed by atoms with Gasteiger partial charge in [0.1, 0.15) is 17.8 Å². The molecule has 2 heterocycles. The Hall–Kier alpha value is -0.940. The van der Waals surface area contributed by atoms with Crippen LogP contribution in [0, 0.1) is 18.3 Å². The van der Waals surface area contributed by atoms with Crippen molar-refractivity contribution >= 4 is 27.3 Å². The molecule has 2 N–H and O–H groups in total. The number of nitriles is 1. The van der Waals surface area contributed by atoms with Crippen LogP contribution in [0.1, 0.15) is 16.8 Å². The number of aromatic nitrogens is 1. The van der Waals surface area contributed by atoms with Gasteiger partial charge in [0.05, 0.1) is 20.6 Å². The number of halogens is 1. The summed E-state index contributed by atoms with van der Waals surface area (Å²) in [6, 6.07) is 1.68. The Morgan fingerprint density at radius 3 is 2.94 bits per heavy atom. The van der Waals surface area contributed by atoms with Crippen molar-refractivity contribution in [1.82, 2.24) is 15.4 Å². The standard InChI is InChI=1S/C10H11BrN4OS/c1-5-13-8(10(11)17-5)9(16)7-3-6(4-12)14-15(7)2/h3,6,9,14,16H,1-2H3. The van der Waals surface area contributed by atoms with E-state index < -0.39 is 12.1 Å². The number of aliphatic hydroxyl groups excluding tert-OH is 1. The molecule has 0 amide bonds. The van der Waals surface area contributed by atoms with Crippen LogP contribution in [-0.4, -0.2) is 28.2 Å². The van der Waals surface area contributed by atoms with Gasteiger partial charge in [0.25, 0.3) is 0 Å². The van der Waals surface area contributed by atoms with Crippen LogP contribution in [0.15, 0.2) is 15.6 Å². The third-order valence-electron chi connectivity index (χ3n) is 2.45. The molecule has 0 radical (unpaired) electrons. The molecule has 0 saturated carbocycles. The highest BCUT2D eigenvalue weighted by Gasteiger charge is 2.28. The van der Waals surface area contributed by atoms with E-state index in [2.05, 4.69) is 32.4 Å². The molecular weight excluding hydrogens is 304 g/mol. The Kier molecular flexibility index (Phi) is 3.49. The number of likely N-dealkylation sites (N-methyl/N-ethyl adjacent to an activating group) is 1. The van der Waals surface area contributed by atoms with Crippen LogP contribution in [-0.2, 0) is 0 Å². The quantitative estimate of drug-likeness (QED) is 0.865. The van der Waals surface area contributed by atoms with Crippen molar-refractivity contribution in [2.75, 3.05) is 7.05 Å². The van der Waals surface area contributed by atoms with E-state index >= 15 is 0 Å². The van der Waals surface area contributed by atoms with Crippen LogP contribution in [0.25, 0.3) is 0 Å². The van der Waals surface area contributed by atoms with Crippen molar-refractivity contribution in [3.05, 3.63) is 26.3 Å². The van der Waals surface area contributed by atoms with E-state index in [0.29, 0.717) is 11.4 Å². The Bertz CT molecular complexity index is 507. The number of hydrazine groups is 1. The Labute approximate surface area is 111 Å². The molecule has 2 atom stereocenters. The average molecular weight is 315 g/mol. The molecular formula is C10H11BrN4OS. The lowest BCUT2D eigenvalue weighted by Gasteiger charge is -2.20. The van der Waals surface area contributed by atoms with Gasteiger partial charge in [-0.05, 0) is 28.9 Å². The summed E-state index contributed by atoms with van der Waals surface area (Å²) >= 11 is 4.86.